The second kappa shape index (κ2) is 3.91. The molecule has 74 valence electrons. The first-order valence-corrected chi connectivity index (χ1v) is 5.21. The van der Waals surface area contributed by atoms with Gasteiger partial charge in [-0.15, -0.1) is 0 Å². The molecule has 0 atom stereocenters. The van der Waals surface area contributed by atoms with Crippen molar-refractivity contribution in [2.75, 3.05) is 0 Å². The average Bonchev–Trinajstić information content (AvgIpc) is 2.12. The van der Waals surface area contributed by atoms with Gasteiger partial charge in [-0.05, 0) is 25.0 Å². The van der Waals surface area contributed by atoms with E-state index in [1.165, 1.54) is 19.3 Å². The Balaban J connectivity index is 1.99. The van der Waals surface area contributed by atoms with Gasteiger partial charge in [0, 0.05) is 23.9 Å². The molecular weight excluding hydrogens is 174 g/mol. The SMILES string of the molecule is Cc1ccc(C(=O)CC2CCC2)cn1. The van der Waals surface area contributed by atoms with Gasteiger partial charge in [0.25, 0.3) is 0 Å². The van der Waals surface area contributed by atoms with Gasteiger partial charge in [-0.2, -0.15) is 0 Å². The number of aromatic nitrogens is 1. The number of nitrogens with zero attached hydrogens (tertiary/aromatic N) is 1. The van der Waals surface area contributed by atoms with E-state index >= 15 is 0 Å². The number of carbonyl (C=O) groups excluding carboxylic acids is 1. The van der Waals surface area contributed by atoms with E-state index < -0.39 is 0 Å². The number of carbonyl (C=O) groups is 1. The summed E-state index contributed by atoms with van der Waals surface area (Å²) in [5.41, 5.74) is 1.73. The van der Waals surface area contributed by atoms with E-state index in [1.54, 1.807) is 6.20 Å². The molecule has 2 heteroatoms. The molecule has 1 aromatic rings. The molecule has 0 spiro atoms. The Morgan fingerprint density at radius 2 is 2.29 bits per heavy atom. The van der Waals surface area contributed by atoms with E-state index in [9.17, 15) is 4.79 Å². The molecule has 2 nitrogen and oxygen atoms in total. The molecule has 1 fully saturated rings. The largest absolute Gasteiger partial charge is 0.294 e. The van der Waals surface area contributed by atoms with E-state index in [0.717, 1.165) is 11.3 Å². The van der Waals surface area contributed by atoms with E-state index in [-0.39, 0.29) is 5.78 Å². The molecule has 14 heavy (non-hydrogen) atoms. The third-order valence-electron chi connectivity index (χ3n) is 2.93. The van der Waals surface area contributed by atoms with Gasteiger partial charge in [0.05, 0.1) is 0 Å². The molecule has 0 amide bonds. The smallest absolute Gasteiger partial charge is 0.164 e. The maximum absolute atomic E-state index is 11.7. The predicted molar refractivity (Wildman–Crippen MR) is 55.3 cm³/mol. The fraction of sp³-hybridized carbons (Fsp3) is 0.500. The van der Waals surface area contributed by atoms with E-state index in [2.05, 4.69) is 4.98 Å². The molecule has 1 aliphatic rings. The second-order valence-electron chi connectivity index (χ2n) is 4.11. The zero-order chi connectivity index (χ0) is 9.97. The summed E-state index contributed by atoms with van der Waals surface area (Å²) in [5, 5.41) is 0. The van der Waals surface area contributed by atoms with Crippen LogP contribution in [0.4, 0.5) is 0 Å². The van der Waals surface area contributed by atoms with Gasteiger partial charge in [-0.1, -0.05) is 19.3 Å². The Labute approximate surface area is 84.4 Å². The van der Waals surface area contributed by atoms with Gasteiger partial charge in [0.15, 0.2) is 5.78 Å². The Kier molecular flexibility index (Phi) is 2.62. The van der Waals surface area contributed by atoms with Gasteiger partial charge in [-0.25, -0.2) is 0 Å². The molecule has 1 saturated carbocycles. The topological polar surface area (TPSA) is 30.0 Å². The number of aryl methyl sites for hydroxylation is 1. The Morgan fingerprint density at radius 3 is 2.79 bits per heavy atom. The van der Waals surface area contributed by atoms with E-state index in [0.29, 0.717) is 12.3 Å². The summed E-state index contributed by atoms with van der Waals surface area (Å²) in [7, 11) is 0. The first kappa shape index (κ1) is 9.38. The zero-order valence-corrected chi connectivity index (χ0v) is 8.49. The van der Waals surface area contributed by atoms with Crippen LogP contribution in [0.25, 0.3) is 0 Å². The first-order chi connectivity index (χ1) is 6.75. The minimum absolute atomic E-state index is 0.252. The van der Waals surface area contributed by atoms with Crippen molar-refractivity contribution < 1.29 is 4.79 Å². The van der Waals surface area contributed by atoms with Crippen LogP contribution in [0.2, 0.25) is 0 Å². The lowest BCUT2D eigenvalue weighted by molar-refractivity contribution is 0.0936. The van der Waals surface area contributed by atoms with Crippen LogP contribution in [0.1, 0.15) is 41.7 Å². The highest BCUT2D eigenvalue weighted by molar-refractivity contribution is 5.95. The van der Waals surface area contributed by atoms with Crippen LogP contribution >= 0.6 is 0 Å². The van der Waals surface area contributed by atoms with Gasteiger partial charge in [-0.3, -0.25) is 9.78 Å². The molecule has 0 radical (unpaired) electrons. The van der Waals surface area contributed by atoms with Crippen LogP contribution in [0.15, 0.2) is 18.3 Å². The molecule has 0 aliphatic heterocycles. The number of Topliss-reactive ketones (excluding diaryl/α,β-unsaturated/α-hetero) is 1. The van der Waals surface area contributed by atoms with Crippen LogP contribution in [-0.4, -0.2) is 10.8 Å². The second-order valence-corrected chi connectivity index (χ2v) is 4.11. The van der Waals surface area contributed by atoms with Crippen molar-refractivity contribution in [3.63, 3.8) is 0 Å². The molecule has 1 heterocycles. The van der Waals surface area contributed by atoms with Crippen molar-refractivity contribution in [3.8, 4) is 0 Å². The molecule has 2 rings (SSSR count). The van der Waals surface area contributed by atoms with Crippen molar-refractivity contribution in [2.45, 2.75) is 32.6 Å². The minimum Gasteiger partial charge on any atom is -0.294 e. The Morgan fingerprint density at radius 1 is 1.50 bits per heavy atom. The Hall–Kier alpha value is -1.18. The molecule has 0 aromatic carbocycles. The number of hydrogen-bond donors (Lipinski definition) is 0. The number of rotatable bonds is 3. The lowest BCUT2D eigenvalue weighted by Crippen LogP contribution is -2.16. The number of ketones is 1. The van der Waals surface area contributed by atoms with Crippen LogP contribution in [0.3, 0.4) is 0 Å². The van der Waals surface area contributed by atoms with Gasteiger partial charge in [0.1, 0.15) is 0 Å². The summed E-state index contributed by atoms with van der Waals surface area (Å²) in [6.07, 6.45) is 6.15. The molecule has 0 saturated heterocycles. The van der Waals surface area contributed by atoms with Crippen molar-refractivity contribution >= 4 is 5.78 Å². The molecule has 1 aromatic heterocycles. The first-order valence-electron chi connectivity index (χ1n) is 5.21. The average molecular weight is 189 g/mol. The Bertz CT molecular complexity index is 325. The van der Waals surface area contributed by atoms with Gasteiger partial charge < -0.3 is 0 Å². The predicted octanol–water partition coefficient (Wildman–Crippen LogP) is 2.76. The van der Waals surface area contributed by atoms with E-state index in [4.69, 9.17) is 0 Å². The van der Waals surface area contributed by atoms with Crippen molar-refractivity contribution in [2.24, 2.45) is 5.92 Å². The normalized spacial score (nSPS) is 16.4. The summed E-state index contributed by atoms with van der Waals surface area (Å²) in [4.78, 5) is 15.8. The van der Waals surface area contributed by atoms with Crippen molar-refractivity contribution in [3.05, 3.63) is 29.6 Å². The summed E-state index contributed by atoms with van der Waals surface area (Å²) in [6, 6.07) is 3.78. The van der Waals surface area contributed by atoms with Crippen LogP contribution < -0.4 is 0 Å². The van der Waals surface area contributed by atoms with Crippen LogP contribution in [0, 0.1) is 12.8 Å². The standard InChI is InChI=1S/C12H15NO/c1-9-5-6-11(8-13-9)12(14)7-10-3-2-4-10/h5-6,8,10H,2-4,7H2,1H3. The lowest BCUT2D eigenvalue weighted by Gasteiger charge is -2.24. The highest BCUT2D eigenvalue weighted by Gasteiger charge is 2.21. The third kappa shape index (κ3) is 2.00. The zero-order valence-electron chi connectivity index (χ0n) is 8.49. The maximum atomic E-state index is 11.7. The fourth-order valence-electron chi connectivity index (χ4n) is 1.71. The summed E-state index contributed by atoms with van der Waals surface area (Å²) >= 11 is 0. The number of hydrogen-bond acceptors (Lipinski definition) is 2. The molecule has 1 aliphatic carbocycles. The highest BCUT2D eigenvalue weighted by atomic mass is 16.1. The molecule has 0 bridgehead atoms. The van der Waals surface area contributed by atoms with Gasteiger partial charge >= 0.3 is 0 Å². The van der Waals surface area contributed by atoms with Crippen molar-refractivity contribution in [1.29, 1.82) is 0 Å². The number of pyridine rings is 1. The summed E-state index contributed by atoms with van der Waals surface area (Å²) in [5.74, 6) is 0.894. The highest BCUT2D eigenvalue weighted by Crippen LogP contribution is 2.30. The molecule has 0 unspecified atom stereocenters. The van der Waals surface area contributed by atoms with Crippen LogP contribution in [-0.2, 0) is 0 Å². The monoisotopic (exact) mass is 189 g/mol. The third-order valence-corrected chi connectivity index (χ3v) is 2.93. The lowest BCUT2D eigenvalue weighted by atomic mass is 9.81. The minimum atomic E-state index is 0.252. The molecular formula is C12H15NO. The quantitative estimate of drug-likeness (QED) is 0.684. The van der Waals surface area contributed by atoms with Gasteiger partial charge in [0.2, 0.25) is 0 Å². The summed E-state index contributed by atoms with van der Waals surface area (Å²) < 4.78 is 0. The van der Waals surface area contributed by atoms with Crippen LogP contribution in [0.5, 0.6) is 0 Å². The maximum Gasteiger partial charge on any atom is 0.164 e. The fourth-order valence-corrected chi connectivity index (χ4v) is 1.71. The van der Waals surface area contributed by atoms with Crippen molar-refractivity contribution in [1.82, 2.24) is 4.98 Å². The van der Waals surface area contributed by atoms with E-state index in [1.807, 2.05) is 19.1 Å². The summed E-state index contributed by atoms with van der Waals surface area (Å²) in [6.45, 7) is 1.93. The molecule has 0 N–H and O–H groups in total.